The minimum absolute atomic E-state index is 0.686. The number of para-hydroxylation sites is 1. The topological polar surface area (TPSA) is 46.6 Å². The van der Waals surface area contributed by atoms with Gasteiger partial charge in [0.2, 0.25) is 0 Å². The second-order valence-electron chi connectivity index (χ2n) is 3.67. The molecule has 0 heterocycles. The summed E-state index contributed by atoms with van der Waals surface area (Å²) in [6.45, 7) is 0.881. The SMILES string of the molecule is CC(=O)Oc1ccccc1C(=O)N(C(F)(F)F)C(F)(F)F. The molecule has 0 aliphatic rings. The summed E-state index contributed by atoms with van der Waals surface area (Å²) in [7, 11) is 0. The lowest BCUT2D eigenvalue weighted by Gasteiger charge is -2.27. The van der Waals surface area contributed by atoms with Gasteiger partial charge in [-0.1, -0.05) is 12.1 Å². The average Bonchev–Trinajstić information content (AvgIpc) is 2.24. The van der Waals surface area contributed by atoms with Crippen molar-refractivity contribution in [3.63, 3.8) is 0 Å². The number of carbonyl (C=O) groups is 2. The molecule has 0 unspecified atom stereocenters. The second kappa shape index (κ2) is 5.62. The molecule has 0 saturated carbocycles. The van der Waals surface area contributed by atoms with Crippen LogP contribution in [0.15, 0.2) is 24.3 Å². The van der Waals surface area contributed by atoms with Crippen LogP contribution in [0.4, 0.5) is 26.3 Å². The molecule has 0 aliphatic heterocycles. The molecule has 1 aromatic carbocycles. The Kier molecular flexibility index (Phi) is 4.49. The standard InChI is InChI=1S/C11H7F6NO3/c1-6(19)21-8-5-3-2-4-7(8)9(20)18(10(12,13)14)11(15,16)17/h2-5H,1H3. The first-order chi connectivity index (χ1) is 9.44. The molecule has 0 aromatic heterocycles. The van der Waals surface area contributed by atoms with Crippen LogP contribution in [-0.2, 0) is 4.79 Å². The quantitative estimate of drug-likeness (QED) is 0.365. The first kappa shape index (κ1) is 16.8. The third kappa shape index (κ3) is 4.10. The Hall–Kier alpha value is -2.26. The van der Waals surface area contributed by atoms with Gasteiger partial charge in [0, 0.05) is 6.92 Å². The lowest BCUT2D eigenvalue weighted by atomic mass is 10.2. The van der Waals surface area contributed by atoms with Gasteiger partial charge in [0.25, 0.3) is 5.91 Å². The number of carbonyl (C=O) groups excluding carboxylic acids is 2. The molecule has 0 atom stereocenters. The van der Waals surface area contributed by atoms with Gasteiger partial charge >= 0.3 is 18.6 Å². The number of rotatable bonds is 2. The molecular weight excluding hydrogens is 308 g/mol. The van der Waals surface area contributed by atoms with E-state index in [1.807, 2.05) is 0 Å². The maximum Gasteiger partial charge on any atom is 0.494 e. The van der Waals surface area contributed by atoms with Crippen LogP contribution in [0.1, 0.15) is 17.3 Å². The van der Waals surface area contributed by atoms with E-state index in [2.05, 4.69) is 4.74 Å². The Labute approximate surface area is 113 Å². The zero-order valence-electron chi connectivity index (χ0n) is 10.2. The van der Waals surface area contributed by atoms with Gasteiger partial charge in [-0.3, -0.25) is 9.59 Å². The third-order valence-corrected chi connectivity index (χ3v) is 2.08. The van der Waals surface area contributed by atoms with Gasteiger partial charge in [0.1, 0.15) is 5.75 Å². The molecular formula is C11H7F6NO3. The zero-order chi connectivity index (χ0) is 16.4. The van der Waals surface area contributed by atoms with Gasteiger partial charge in [0.15, 0.2) is 0 Å². The number of halogens is 6. The number of alkyl halides is 6. The van der Waals surface area contributed by atoms with E-state index in [4.69, 9.17) is 0 Å². The molecule has 0 saturated heterocycles. The van der Waals surface area contributed by atoms with Crippen molar-refractivity contribution in [1.82, 2.24) is 4.90 Å². The van der Waals surface area contributed by atoms with E-state index in [1.165, 1.54) is 6.07 Å². The molecule has 0 aliphatic carbocycles. The molecule has 10 heteroatoms. The van der Waals surface area contributed by atoms with Crippen molar-refractivity contribution >= 4 is 11.9 Å². The summed E-state index contributed by atoms with van der Waals surface area (Å²) in [5.41, 5.74) is -1.04. The van der Waals surface area contributed by atoms with E-state index < -0.39 is 40.7 Å². The summed E-state index contributed by atoms with van der Waals surface area (Å²) in [6, 6.07) is 3.80. The maximum absolute atomic E-state index is 12.4. The maximum atomic E-state index is 12.4. The number of esters is 1. The molecule has 0 radical (unpaired) electrons. The summed E-state index contributed by atoms with van der Waals surface area (Å²) in [6.07, 6.45) is -11.9. The summed E-state index contributed by atoms with van der Waals surface area (Å²) >= 11 is 0. The van der Waals surface area contributed by atoms with Crippen molar-refractivity contribution < 1.29 is 40.7 Å². The number of ether oxygens (including phenoxy) is 1. The normalized spacial score (nSPS) is 12.0. The van der Waals surface area contributed by atoms with Crippen molar-refractivity contribution in [2.75, 3.05) is 0 Å². The van der Waals surface area contributed by atoms with Crippen molar-refractivity contribution in [2.45, 2.75) is 19.5 Å². The molecule has 0 N–H and O–H groups in total. The molecule has 0 fully saturated rings. The smallest absolute Gasteiger partial charge is 0.426 e. The van der Waals surface area contributed by atoms with Crippen LogP contribution >= 0.6 is 0 Å². The van der Waals surface area contributed by atoms with Crippen LogP contribution < -0.4 is 4.74 Å². The van der Waals surface area contributed by atoms with Crippen molar-refractivity contribution in [1.29, 1.82) is 0 Å². The van der Waals surface area contributed by atoms with Crippen LogP contribution in [0.3, 0.4) is 0 Å². The molecule has 0 bridgehead atoms. The number of nitrogens with zero attached hydrogens (tertiary/aromatic N) is 1. The molecule has 4 nitrogen and oxygen atoms in total. The summed E-state index contributed by atoms with van der Waals surface area (Å²) in [5.74, 6) is -4.10. The highest BCUT2D eigenvalue weighted by Gasteiger charge is 2.57. The molecule has 116 valence electrons. The third-order valence-electron chi connectivity index (χ3n) is 2.08. The Morgan fingerprint density at radius 2 is 1.48 bits per heavy atom. The van der Waals surface area contributed by atoms with Crippen LogP contribution in [-0.4, -0.2) is 29.4 Å². The first-order valence-electron chi connectivity index (χ1n) is 5.20. The number of amides is 1. The minimum atomic E-state index is -5.97. The lowest BCUT2D eigenvalue weighted by Crippen LogP contribution is -2.51. The molecule has 1 rings (SSSR count). The first-order valence-corrected chi connectivity index (χ1v) is 5.20. The Morgan fingerprint density at radius 3 is 1.90 bits per heavy atom. The highest BCUT2D eigenvalue weighted by atomic mass is 19.4. The predicted octanol–water partition coefficient (Wildman–Crippen LogP) is 3.09. The van der Waals surface area contributed by atoms with Gasteiger partial charge in [-0.2, -0.15) is 4.90 Å². The molecule has 1 amide bonds. The van der Waals surface area contributed by atoms with Crippen molar-refractivity contribution in [3.8, 4) is 5.75 Å². The summed E-state index contributed by atoms with van der Waals surface area (Å²) < 4.78 is 79.0. The second-order valence-corrected chi connectivity index (χ2v) is 3.67. The summed E-state index contributed by atoms with van der Waals surface area (Å²) in [4.78, 5) is 20.1. The van der Waals surface area contributed by atoms with Gasteiger partial charge in [-0.15, -0.1) is 26.3 Å². The fourth-order valence-corrected chi connectivity index (χ4v) is 1.38. The van der Waals surface area contributed by atoms with Gasteiger partial charge in [-0.25, -0.2) is 0 Å². The van der Waals surface area contributed by atoms with Gasteiger partial charge in [0.05, 0.1) is 5.56 Å². The molecule has 1 aromatic rings. The Balaban J connectivity index is 3.32. The van der Waals surface area contributed by atoms with Gasteiger partial charge in [-0.05, 0) is 12.1 Å². The van der Waals surface area contributed by atoms with Crippen LogP contribution in [0.25, 0.3) is 0 Å². The fraction of sp³-hybridized carbons (Fsp3) is 0.273. The number of hydrogen-bond acceptors (Lipinski definition) is 3. The number of hydrogen-bond donors (Lipinski definition) is 0. The average molecular weight is 315 g/mol. The van der Waals surface area contributed by atoms with E-state index in [0.717, 1.165) is 19.1 Å². The highest BCUT2D eigenvalue weighted by Crippen LogP contribution is 2.36. The Morgan fingerprint density at radius 1 is 1.00 bits per heavy atom. The van der Waals surface area contributed by atoms with Crippen LogP contribution in [0.2, 0.25) is 0 Å². The number of benzene rings is 1. The van der Waals surface area contributed by atoms with Crippen molar-refractivity contribution in [3.05, 3.63) is 29.8 Å². The monoisotopic (exact) mass is 315 g/mol. The largest absolute Gasteiger partial charge is 0.494 e. The molecule has 21 heavy (non-hydrogen) atoms. The Bertz CT molecular complexity index is 538. The minimum Gasteiger partial charge on any atom is -0.426 e. The van der Waals surface area contributed by atoms with E-state index in [-0.39, 0.29) is 0 Å². The molecule has 0 spiro atoms. The van der Waals surface area contributed by atoms with E-state index in [9.17, 15) is 35.9 Å². The van der Waals surface area contributed by atoms with Gasteiger partial charge < -0.3 is 4.74 Å². The van der Waals surface area contributed by atoms with E-state index in [0.29, 0.717) is 6.07 Å². The lowest BCUT2D eigenvalue weighted by molar-refractivity contribution is -0.348. The van der Waals surface area contributed by atoms with E-state index >= 15 is 0 Å². The fourth-order valence-electron chi connectivity index (χ4n) is 1.38. The summed E-state index contributed by atoms with van der Waals surface area (Å²) in [5, 5.41) is 0. The highest BCUT2D eigenvalue weighted by molar-refractivity contribution is 5.98. The van der Waals surface area contributed by atoms with E-state index in [1.54, 1.807) is 0 Å². The van der Waals surface area contributed by atoms with Crippen LogP contribution in [0, 0.1) is 0 Å². The zero-order valence-corrected chi connectivity index (χ0v) is 10.2. The van der Waals surface area contributed by atoms with Crippen LogP contribution in [0.5, 0.6) is 5.75 Å². The van der Waals surface area contributed by atoms with Crippen molar-refractivity contribution in [2.24, 2.45) is 0 Å². The predicted molar refractivity (Wildman–Crippen MR) is 56.0 cm³/mol.